The van der Waals surface area contributed by atoms with Crippen LogP contribution in [0.5, 0.6) is 0 Å². The standard InChI is InChI=1S/C26H24ClN7O/c1-15-18(8-9-22(28)30-15)13-29-26(35)17-10-11-34-23(12-17)31-24(25(34)27)20-7-5-4-6-19(20)21-14-33(3)32-16(21)2/h4-12,14H,13H2,1-3H3,(H2,28,30)(H,29,35). The number of fused-ring (bicyclic) bond motifs is 1. The third-order valence-electron chi connectivity index (χ3n) is 5.97. The van der Waals surface area contributed by atoms with E-state index in [1.165, 1.54) is 0 Å². The maximum atomic E-state index is 12.8. The third kappa shape index (κ3) is 4.24. The molecule has 0 spiro atoms. The number of nitrogen functional groups attached to an aromatic ring is 1. The Morgan fingerprint density at radius 3 is 2.51 bits per heavy atom. The largest absolute Gasteiger partial charge is 0.384 e. The lowest BCUT2D eigenvalue weighted by Crippen LogP contribution is -2.23. The fourth-order valence-electron chi connectivity index (χ4n) is 4.19. The second kappa shape index (κ2) is 8.88. The number of rotatable bonds is 5. The number of halogens is 1. The van der Waals surface area contributed by atoms with Crippen LogP contribution in [0, 0.1) is 13.8 Å². The van der Waals surface area contributed by atoms with E-state index in [2.05, 4.69) is 15.4 Å². The van der Waals surface area contributed by atoms with Gasteiger partial charge < -0.3 is 11.1 Å². The maximum absolute atomic E-state index is 12.8. The molecule has 0 atom stereocenters. The number of aryl methyl sites for hydroxylation is 3. The molecule has 0 unspecified atom stereocenters. The summed E-state index contributed by atoms with van der Waals surface area (Å²) < 4.78 is 3.56. The van der Waals surface area contributed by atoms with Gasteiger partial charge in [-0.2, -0.15) is 5.10 Å². The fraction of sp³-hybridized carbons (Fsp3) is 0.154. The van der Waals surface area contributed by atoms with Gasteiger partial charge in [0, 0.05) is 48.4 Å². The molecule has 5 rings (SSSR count). The molecule has 1 amide bonds. The molecule has 1 aromatic carbocycles. The van der Waals surface area contributed by atoms with E-state index in [9.17, 15) is 4.79 Å². The molecule has 9 heteroatoms. The molecule has 8 nitrogen and oxygen atoms in total. The van der Waals surface area contributed by atoms with E-state index in [4.69, 9.17) is 22.3 Å². The van der Waals surface area contributed by atoms with Gasteiger partial charge in [-0.05, 0) is 43.2 Å². The quantitative estimate of drug-likeness (QED) is 0.379. The summed E-state index contributed by atoms with van der Waals surface area (Å²) >= 11 is 6.76. The van der Waals surface area contributed by atoms with Gasteiger partial charge in [0.2, 0.25) is 0 Å². The fourth-order valence-corrected chi connectivity index (χ4v) is 4.48. The van der Waals surface area contributed by atoms with Crippen LogP contribution in [0.2, 0.25) is 5.15 Å². The Balaban J connectivity index is 1.47. The molecule has 0 aliphatic rings. The molecule has 176 valence electrons. The molecule has 0 saturated heterocycles. The first-order valence-electron chi connectivity index (χ1n) is 11.1. The van der Waals surface area contributed by atoms with Crippen LogP contribution >= 0.6 is 11.6 Å². The molecule has 0 radical (unpaired) electrons. The monoisotopic (exact) mass is 485 g/mol. The number of nitrogens with two attached hydrogens (primary N) is 1. The number of anilines is 1. The molecule has 4 aromatic heterocycles. The van der Waals surface area contributed by atoms with Gasteiger partial charge >= 0.3 is 0 Å². The summed E-state index contributed by atoms with van der Waals surface area (Å²) in [5, 5.41) is 7.88. The lowest BCUT2D eigenvalue weighted by molar-refractivity contribution is 0.0951. The Morgan fingerprint density at radius 2 is 1.80 bits per heavy atom. The first-order valence-corrected chi connectivity index (χ1v) is 11.5. The predicted octanol–water partition coefficient (Wildman–Crippen LogP) is 4.58. The Bertz CT molecular complexity index is 1580. The van der Waals surface area contributed by atoms with Crippen molar-refractivity contribution in [2.45, 2.75) is 20.4 Å². The Kier molecular flexibility index (Phi) is 5.74. The number of carbonyl (C=O) groups is 1. The van der Waals surface area contributed by atoms with Gasteiger partial charge in [-0.25, -0.2) is 9.97 Å². The van der Waals surface area contributed by atoms with E-state index in [-0.39, 0.29) is 5.91 Å². The minimum Gasteiger partial charge on any atom is -0.384 e. The van der Waals surface area contributed by atoms with Crippen LogP contribution in [0.15, 0.2) is 60.9 Å². The van der Waals surface area contributed by atoms with Crippen molar-refractivity contribution in [3.63, 3.8) is 0 Å². The van der Waals surface area contributed by atoms with Crippen LogP contribution in [0.25, 0.3) is 28.0 Å². The highest BCUT2D eigenvalue weighted by Gasteiger charge is 2.19. The maximum Gasteiger partial charge on any atom is 0.251 e. The lowest BCUT2D eigenvalue weighted by Gasteiger charge is -2.08. The van der Waals surface area contributed by atoms with Crippen LogP contribution in [-0.4, -0.2) is 30.1 Å². The smallest absolute Gasteiger partial charge is 0.251 e. The average molecular weight is 486 g/mol. The number of nitrogens with zero attached hydrogens (tertiary/aromatic N) is 5. The highest BCUT2D eigenvalue weighted by molar-refractivity contribution is 6.32. The number of carbonyl (C=O) groups excluding carboxylic acids is 1. The van der Waals surface area contributed by atoms with Crippen molar-refractivity contribution in [1.82, 2.24) is 29.5 Å². The summed E-state index contributed by atoms with van der Waals surface area (Å²) in [5.41, 5.74) is 13.0. The van der Waals surface area contributed by atoms with Crippen LogP contribution in [0.1, 0.15) is 27.3 Å². The van der Waals surface area contributed by atoms with E-state index >= 15 is 0 Å². The van der Waals surface area contributed by atoms with Gasteiger partial charge in [0.25, 0.3) is 5.91 Å². The molecule has 35 heavy (non-hydrogen) atoms. The second-order valence-electron chi connectivity index (χ2n) is 8.41. The van der Waals surface area contributed by atoms with Crippen molar-refractivity contribution in [2.75, 3.05) is 5.73 Å². The minimum atomic E-state index is -0.212. The number of imidazole rings is 1. The van der Waals surface area contributed by atoms with E-state index in [0.717, 1.165) is 33.6 Å². The van der Waals surface area contributed by atoms with Gasteiger partial charge in [0.1, 0.15) is 22.3 Å². The van der Waals surface area contributed by atoms with Crippen LogP contribution in [-0.2, 0) is 13.6 Å². The molecule has 0 fully saturated rings. The Labute approximate surface area is 207 Å². The number of pyridine rings is 2. The molecule has 0 aliphatic carbocycles. The zero-order valence-corrected chi connectivity index (χ0v) is 20.3. The molecule has 5 aromatic rings. The normalized spacial score (nSPS) is 11.2. The number of hydrogen-bond donors (Lipinski definition) is 2. The number of nitrogens with one attached hydrogen (secondary N) is 1. The van der Waals surface area contributed by atoms with Crippen molar-refractivity contribution < 1.29 is 4.79 Å². The molecule has 4 heterocycles. The van der Waals surface area contributed by atoms with E-state index < -0.39 is 0 Å². The average Bonchev–Trinajstić information content (AvgIpc) is 3.35. The minimum absolute atomic E-state index is 0.212. The zero-order valence-electron chi connectivity index (χ0n) is 19.6. The molecule has 3 N–H and O–H groups in total. The number of benzene rings is 1. The van der Waals surface area contributed by atoms with Gasteiger partial charge in [-0.3, -0.25) is 13.9 Å². The Morgan fingerprint density at radius 1 is 1.03 bits per heavy atom. The van der Waals surface area contributed by atoms with E-state index in [1.54, 1.807) is 33.5 Å². The van der Waals surface area contributed by atoms with Gasteiger partial charge in [-0.1, -0.05) is 41.9 Å². The van der Waals surface area contributed by atoms with E-state index in [1.807, 2.05) is 57.4 Å². The molecule has 0 aliphatic heterocycles. The lowest BCUT2D eigenvalue weighted by atomic mass is 9.99. The first-order chi connectivity index (χ1) is 16.8. The van der Waals surface area contributed by atoms with Crippen molar-refractivity contribution in [2.24, 2.45) is 7.05 Å². The predicted molar refractivity (Wildman–Crippen MR) is 137 cm³/mol. The Hall–Kier alpha value is -4.17. The number of aromatic nitrogens is 5. The van der Waals surface area contributed by atoms with Crippen molar-refractivity contribution >= 4 is 29.0 Å². The molecule has 0 saturated carbocycles. The SMILES string of the molecule is Cc1nc(N)ccc1CNC(=O)c1ccn2c(Cl)c(-c3ccccc3-c3cn(C)nc3C)nc2c1. The van der Waals surface area contributed by atoms with Crippen LogP contribution in [0.3, 0.4) is 0 Å². The topological polar surface area (TPSA) is 103 Å². The first kappa shape index (κ1) is 22.6. The summed E-state index contributed by atoms with van der Waals surface area (Å²) in [6, 6.07) is 15.0. The van der Waals surface area contributed by atoms with Gasteiger partial charge in [0.15, 0.2) is 0 Å². The van der Waals surface area contributed by atoms with Crippen molar-refractivity contribution in [3.8, 4) is 22.4 Å². The summed E-state index contributed by atoms with van der Waals surface area (Å²) in [4.78, 5) is 21.9. The number of amides is 1. The molecular weight excluding hydrogens is 462 g/mol. The summed E-state index contributed by atoms with van der Waals surface area (Å²) in [5.74, 6) is 0.242. The highest BCUT2D eigenvalue weighted by Crippen LogP contribution is 2.37. The summed E-state index contributed by atoms with van der Waals surface area (Å²) in [6.07, 6.45) is 3.75. The van der Waals surface area contributed by atoms with Gasteiger partial charge in [-0.15, -0.1) is 0 Å². The molecular formula is C26H24ClN7O. The highest BCUT2D eigenvalue weighted by atomic mass is 35.5. The number of hydrogen-bond acceptors (Lipinski definition) is 5. The summed E-state index contributed by atoms with van der Waals surface area (Å²) in [6.45, 7) is 4.19. The summed E-state index contributed by atoms with van der Waals surface area (Å²) in [7, 11) is 1.90. The van der Waals surface area contributed by atoms with Crippen molar-refractivity contribution in [1.29, 1.82) is 0 Å². The third-order valence-corrected chi connectivity index (χ3v) is 6.33. The van der Waals surface area contributed by atoms with Crippen LogP contribution in [0.4, 0.5) is 5.82 Å². The zero-order chi connectivity index (χ0) is 24.7. The van der Waals surface area contributed by atoms with E-state index in [0.29, 0.717) is 34.4 Å². The second-order valence-corrected chi connectivity index (χ2v) is 8.76. The van der Waals surface area contributed by atoms with Crippen molar-refractivity contribution in [3.05, 3.63) is 88.6 Å². The van der Waals surface area contributed by atoms with Gasteiger partial charge in [0.05, 0.1) is 5.69 Å². The van der Waals surface area contributed by atoms with Crippen LogP contribution < -0.4 is 11.1 Å². The molecule has 0 bridgehead atoms.